The van der Waals surface area contributed by atoms with Gasteiger partial charge in [0.1, 0.15) is 6.29 Å². The molecule has 0 saturated heterocycles. The SMILES string of the molecule is O=Cc1cc(O)c(O)c2c1CCCC2. The first-order valence-electron chi connectivity index (χ1n) is 4.76. The lowest BCUT2D eigenvalue weighted by molar-refractivity contribution is 0.112. The Morgan fingerprint density at radius 3 is 2.43 bits per heavy atom. The Kier molecular flexibility index (Phi) is 2.15. The van der Waals surface area contributed by atoms with E-state index in [-0.39, 0.29) is 11.5 Å². The number of phenols is 2. The molecule has 1 aromatic rings. The molecule has 0 atom stereocenters. The lowest BCUT2D eigenvalue weighted by Crippen LogP contribution is -2.06. The van der Waals surface area contributed by atoms with Crippen LogP contribution in [0.4, 0.5) is 0 Å². The molecule has 74 valence electrons. The van der Waals surface area contributed by atoms with Gasteiger partial charge in [-0.1, -0.05) is 0 Å². The first-order valence-corrected chi connectivity index (χ1v) is 4.76. The van der Waals surface area contributed by atoms with Gasteiger partial charge in [0.15, 0.2) is 11.5 Å². The Labute approximate surface area is 82.0 Å². The van der Waals surface area contributed by atoms with Crippen LogP contribution in [0.2, 0.25) is 0 Å². The van der Waals surface area contributed by atoms with E-state index in [0.29, 0.717) is 5.56 Å². The zero-order valence-corrected chi connectivity index (χ0v) is 7.79. The van der Waals surface area contributed by atoms with Crippen molar-refractivity contribution in [2.45, 2.75) is 25.7 Å². The first kappa shape index (κ1) is 9.06. The van der Waals surface area contributed by atoms with Crippen LogP contribution in [0.3, 0.4) is 0 Å². The third-order valence-corrected chi connectivity index (χ3v) is 2.76. The van der Waals surface area contributed by atoms with E-state index in [2.05, 4.69) is 0 Å². The van der Waals surface area contributed by atoms with Gasteiger partial charge >= 0.3 is 0 Å². The van der Waals surface area contributed by atoms with Crippen molar-refractivity contribution in [2.24, 2.45) is 0 Å². The second kappa shape index (κ2) is 3.33. The highest BCUT2D eigenvalue weighted by Gasteiger charge is 2.19. The summed E-state index contributed by atoms with van der Waals surface area (Å²) < 4.78 is 0. The molecule has 3 heteroatoms. The van der Waals surface area contributed by atoms with Crippen LogP contribution < -0.4 is 0 Å². The maximum Gasteiger partial charge on any atom is 0.160 e. The average molecular weight is 192 g/mol. The van der Waals surface area contributed by atoms with Crippen molar-refractivity contribution in [1.82, 2.24) is 0 Å². The smallest absolute Gasteiger partial charge is 0.160 e. The number of aldehydes is 1. The van der Waals surface area contributed by atoms with E-state index < -0.39 is 0 Å². The van der Waals surface area contributed by atoms with E-state index in [1.54, 1.807) is 0 Å². The van der Waals surface area contributed by atoms with E-state index in [9.17, 15) is 15.0 Å². The zero-order valence-electron chi connectivity index (χ0n) is 7.79. The second-order valence-electron chi connectivity index (χ2n) is 3.62. The molecule has 14 heavy (non-hydrogen) atoms. The van der Waals surface area contributed by atoms with Gasteiger partial charge in [-0.15, -0.1) is 0 Å². The van der Waals surface area contributed by atoms with Gasteiger partial charge in [0.25, 0.3) is 0 Å². The summed E-state index contributed by atoms with van der Waals surface area (Å²) in [5.74, 6) is -0.238. The van der Waals surface area contributed by atoms with Crippen molar-refractivity contribution in [3.05, 3.63) is 22.8 Å². The van der Waals surface area contributed by atoms with Gasteiger partial charge in [-0.05, 0) is 37.3 Å². The molecule has 0 amide bonds. The minimum Gasteiger partial charge on any atom is -0.504 e. The Morgan fingerprint density at radius 2 is 1.79 bits per heavy atom. The fourth-order valence-corrected chi connectivity index (χ4v) is 2.05. The van der Waals surface area contributed by atoms with E-state index >= 15 is 0 Å². The molecule has 2 rings (SSSR count). The monoisotopic (exact) mass is 192 g/mol. The maximum absolute atomic E-state index is 10.7. The minimum atomic E-state index is -0.187. The van der Waals surface area contributed by atoms with Crippen LogP contribution in [0.1, 0.15) is 34.3 Å². The highest BCUT2D eigenvalue weighted by atomic mass is 16.3. The van der Waals surface area contributed by atoms with Crippen LogP contribution in [0.25, 0.3) is 0 Å². The average Bonchev–Trinajstić information content (AvgIpc) is 2.23. The molecule has 3 nitrogen and oxygen atoms in total. The Balaban J connectivity index is 2.66. The van der Waals surface area contributed by atoms with E-state index in [1.165, 1.54) is 6.07 Å². The molecule has 0 saturated carbocycles. The summed E-state index contributed by atoms with van der Waals surface area (Å²) in [7, 11) is 0. The molecule has 2 N–H and O–H groups in total. The maximum atomic E-state index is 10.7. The van der Waals surface area contributed by atoms with E-state index in [1.807, 2.05) is 0 Å². The number of fused-ring (bicyclic) bond motifs is 1. The fourth-order valence-electron chi connectivity index (χ4n) is 2.05. The van der Waals surface area contributed by atoms with Gasteiger partial charge in [0, 0.05) is 11.1 Å². The zero-order chi connectivity index (χ0) is 10.1. The fraction of sp³-hybridized carbons (Fsp3) is 0.364. The number of hydrogen-bond donors (Lipinski definition) is 2. The topological polar surface area (TPSA) is 57.5 Å². The number of aromatic hydroxyl groups is 2. The lowest BCUT2D eigenvalue weighted by atomic mass is 9.87. The molecular weight excluding hydrogens is 180 g/mol. The van der Waals surface area contributed by atoms with E-state index in [0.717, 1.165) is 43.1 Å². The summed E-state index contributed by atoms with van der Waals surface area (Å²) >= 11 is 0. The molecule has 1 aliphatic rings. The molecule has 0 aliphatic heterocycles. The number of hydrogen-bond acceptors (Lipinski definition) is 3. The van der Waals surface area contributed by atoms with E-state index in [4.69, 9.17) is 0 Å². The Hall–Kier alpha value is -1.51. The van der Waals surface area contributed by atoms with Gasteiger partial charge in [-0.3, -0.25) is 4.79 Å². The number of carbonyl (C=O) groups excluding carboxylic acids is 1. The molecule has 0 unspecified atom stereocenters. The van der Waals surface area contributed by atoms with Crippen molar-refractivity contribution in [2.75, 3.05) is 0 Å². The molecule has 0 spiro atoms. The summed E-state index contributed by atoms with van der Waals surface area (Å²) in [4.78, 5) is 10.7. The lowest BCUT2D eigenvalue weighted by Gasteiger charge is -2.19. The van der Waals surface area contributed by atoms with Gasteiger partial charge in [0.2, 0.25) is 0 Å². The van der Waals surface area contributed by atoms with Gasteiger partial charge < -0.3 is 10.2 Å². The number of phenolic OH excluding ortho intramolecular Hbond substituents is 2. The van der Waals surface area contributed by atoms with Crippen molar-refractivity contribution >= 4 is 6.29 Å². The van der Waals surface area contributed by atoms with Crippen LogP contribution in [0, 0.1) is 0 Å². The standard InChI is InChI=1S/C11H12O3/c12-6-7-5-10(13)11(14)9-4-2-1-3-8(7)9/h5-6,13-14H,1-4H2. The Bertz CT molecular complexity index is 383. The quantitative estimate of drug-likeness (QED) is 0.526. The van der Waals surface area contributed by atoms with Crippen LogP contribution in [-0.4, -0.2) is 16.5 Å². The van der Waals surface area contributed by atoms with Gasteiger partial charge in [0.05, 0.1) is 0 Å². The molecular formula is C11H12O3. The van der Waals surface area contributed by atoms with Gasteiger partial charge in [-0.25, -0.2) is 0 Å². The largest absolute Gasteiger partial charge is 0.504 e. The first-order chi connectivity index (χ1) is 6.74. The molecule has 1 aliphatic carbocycles. The van der Waals surface area contributed by atoms with Crippen molar-refractivity contribution in [1.29, 1.82) is 0 Å². The highest BCUT2D eigenvalue weighted by Crippen LogP contribution is 2.37. The molecule has 0 aromatic heterocycles. The molecule has 0 fully saturated rings. The molecule has 0 heterocycles. The van der Waals surface area contributed by atoms with Crippen molar-refractivity contribution in [3.63, 3.8) is 0 Å². The number of rotatable bonds is 1. The van der Waals surface area contributed by atoms with Crippen LogP contribution >= 0.6 is 0 Å². The van der Waals surface area contributed by atoms with Crippen LogP contribution in [0.5, 0.6) is 11.5 Å². The Morgan fingerprint density at radius 1 is 1.14 bits per heavy atom. The summed E-state index contributed by atoms with van der Waals surface area (Å²) in [5, 5.41) is 19.0. The molecule has 1 aromatic carbocycles. The highest BCUT2D eigenvalue weighted by molar-refractivity contribution is 5.80. The van der Waals surface area contributed by atoms with Crippen molar-refractivity contribution < 1.29 is 15.0 Å². The predicted octanol–water partition coefficient (Wildman–Crippen LogP) is 1.79. The summed E-state index contributed by atoms with van der Waals surface area (Å²) in [6.07, 6.45) is 4.34. The summed E-state index contributed by atoms with van der Waals surface area (Å²) in [6.45, 7) is 0. The third-order valence-electron chi connectivity index (χ3n) is 2.76. The third kappa shape index (κ3) is 1.25. The normalized spacial score (nSPS) is 14.9. The minimum absolute atomic E-state index is 0.0506. The number of carbonyl (C=O) groups is 1. The second-order valence-corrected chi connectivity index (χ2v) is 3.62. The molecule has 0 bridgehead atoms. The predicted molar refractivity (Wildman–Crippen MR) is 51.8 cm³/mol. The molecule has 0 radical (unpaired) electrons. The summed E-state index contributed by atoms with van der Waals surface area (Å²) in [6, 6.07) is 1.34. The van der Waals surface area contributed by atoms with Crippen LogP contribution in [-0.2, 0) is 12.8 Å². The summed E-state index contributed by atoms with van der Waals surface area (Å²) in [5.41, 5.74) is 2.16. The van der Waals surface area contributed by atoms with Crippen LogP contribution in [0.15, 0.2) is 6.07 Å². The van der Waals surface area contributed by atoms with Crippen molar-refractivity contribution in [3.8, 4) is 11.5 Å². The van der Waals surface area contributed by atoms with Gasteiger partial charge in [-0.2, -0.15) is 0 Å². The number of benzene rings is 1.